The van der Waals surface area contributed by atoms with E-state index in [1.54, 1.807) is 19.2 Å². The summed E-state index contributed by atoms with van der Waals surface area (Å²) in [5.74, 6) is -0.224. The molecule has 2 aromatic rings. The maximum Gasteiger partial charge on any atom is 0.338 e. The summed E-state index contributed by atoms with van der Waals surface area (Å²) < 4.78 is 4.60. The van der Waals surface area contributed by atoms with E-state index >= 15 is 0 Å². The van der Waals surface area contributed by atoms with Gasteiger partial charge in [0.05, 0.1) is 23.2 Å². The van der Waals surface area contributed by atoms with Crippen molar-refractivity contribution in [2.45, 2.75) is 6.92 Å². The Labute approximate surface area is 108 Å². The number of benzene rings is 1. The van der Waals surface area contributed by atoms with E-state index in [0.717, 1.165) is 0 Å². The van der Waals surface area contributed by atoms with Gasteiger partial charge in [0.2, 0.25) is 0 Å². The number of hydrogen-bond donors (Lipinski definition) is 1. The molecule has 7 heteroatoms. The average molecular weight is 261 g/mol. The van der Waals surface area contributed by atoms with Gasteiger partial charge in [0.1, 0.15) is 5.82 Å². The number of nitro groups is 1. The van der Waals surface area contributed by atoms with Crippen LogP contribution in [-0.4, -0.2) is 28.0 Å². The molecule has 0 saturated carbocycles. The van der Waals surface area contributed by atoms with Crippen molar-refractivity contribution in [3.8, 4) is 11.4 Å². The molecule has 0 fully saturated rings. The van der Waals surface area contributed by atoms with Crippen LogP contribution < -0.4 is 0 Å². The number of aryl methyl sites for hydroxylation is 1. The standard InChI is InChI=1S/C12H11N3O4/c1-7-5-9(11-13-3-4-14-11)10(15(17)18)6-8(7)12(16)19-2/h3-6H,1-2H3,(H,13,14). The summed E-state index contributed by atoms with van der Waals surface area (Å²) in [5.41, 5.74) is 0.898. The van der Waals surface area contributed by atoms with E-state index in [4.69, 9.17) is 0 Å². The molecule has 0 aliphatic carbocycles. The van der Waals surface area contributed by atoms with Crippen molar-refractivity contribution in [2.75, 3.05) is 7.11 Å². The van der Waals surface area contributed by atoms with Crippen molar-refractivity contribution in [3.63, 3.8) is 0 Å². The quantitative estimate of drug-likeness (QED) is 0.518. The molecular weight excluding hydrogens is 250 g/mol. The Morgan fingerprint density at radius 1 is 1.47 bits per heavy atom. The Hall–Kier alpha value is -2.70. The van der Waals surface area contributed by atoms with Gasteiger partial charge >= 0.3 is 5.97 Å². The zero-order valence-electron chi connectivity index (χ0n) is 10.3. The third kappa shape index (κ3) is 2.30. The lowest BCUT2D eigenvalue weighted by atomic mass is 10.0. The predicted molar refractivity (Wildman–Crippen MR) is 66.8 cm³/mol. The number of imidazole rings is 1. The summed E-state index contributed by atoms with van der Waals surface area (Å²) in [4.78, 5) is 28.9. The molecule has 2 rings (SSSR count). The predicted octanol–water partition coefficient (Wildman–Crippen LogP) is 2.08. The van der Waals surface area contributed by atoms with E-state index in [9.17, 15) is 14.9 Å². The van der Waals surface area contributed by atoms with Gasteiger partial charge in [-0.05, 0) is 18.6 Å². The smallest absolute Gasteiger partial charge is 0.338 e. The van der Waals surface area contributed by atoms with Gasteiger partial charge in [-0.1, -0.05) is 0 Å². The van der Waals surface area contributed by atoms with Crippen molar-refractivity contribution >= 4 is 11.7 Å². The van der Waals surface area contributed by atoms with Crippen LogP contribution in [0.5, 0.6) is 0 Å². The molecule has 1 N–H and O–H groups in total. The van der Waals surface area contributed by atoms with Gasteiger partial charge in [-0.15, -0.1) is 0 Å². The van der Waals surface area contributed by atoms with Crippen LogP contribution in [0, 0.1) is 17.0 Å². The molecule has 7 nitrogen and oxygen atoms in total. The van der Waals surface area contributed by atoms with Crippen LogP contribution in [-0.2, 0) is 4.74 Å². The largest absolute Gasteiger partial charge is 0.465 e. The van der Waals surface area contributed by atoms with E-state index in [-0.39, 0.29) is 11.3 Å². The van der Waals surface area contributed by atoms with Gasteiger partial charge < -0.3 is 9.72 Å². The zero-order chi connectivity index (χ0) is 14.0. The van der Waals surface area contributed by atoms with Gasteiger partial charge in [-0.2, -0.15) is 0 Å². The first-order valence-electron chi connectivity index (χ1n) is 5.41. The van der Waals surface area contributed by atoms with Crippen LogP contribution in [0.4, 0.5) is 5.69 Å². The van der Waals surface area contributed by atoms with Gasteiger partial charge in [0, 0.05) is 18.5 Å². The topological polar surface area (TPSA) is 98.1 Å². The number of rotatable bonds is 3. The van der Waals surface area contributed by atoms with Crippen LogP contribution >= 0.6 is 0 Å². The molecule has 0 aliphatic heterocycles. The first-order valence-corrected chi connectivity index (χ1v) is 5.41. The van der Waals surface area contributed by atoms with Crippen LogP contribution in [0.25, 0.3) is 11.4 Å². The van der Waals surface area contributed by atoms with Crippen molar-refractivity contribution in [3.05, 3.63) is 45.8 Å². The number of methoxy groups -OCH3 is 1. The van der Waals surface area contributed by atoms with E-state index in [1.807, 2.05) is 0 Å². The third-order valence-corrected chi connectivity index (χ3v) is 2.70. The minimum atomic E-state index is -0.605. The summed E-state index contributed by atoms with van der Waals surface area (Å²) in [6, 6.07) is 2.75. The maximum atomic E-state index is 11.5. The van der Waals surface area contributed by atoms with Crippen LogP contribution in [0.1, 0.15) is 15.9 Å². The molecule has 0 aliphatic rings. The number of carbonyl (C=O) groups is 1. The fourth-order valence-corrected chi connectivity index (χ4v) is 1.78. The lowest BCUT2D eigenvalue weighted by Gasteiger charge is -2.07. The molecule has 0 amide bonds. The molecule has 0 radical (unpaired) electrons. The monoisotopic (exact) mass is 261 g/mol. The van der Waals surface area contributed by atoms with Gasteiger partial charge in [0.15, 0.2) is 0 Å². The Bertz CT molecular complexity index is 635. The van der Waals surface area contributed by atoms with E-state index in [2.05, 4.69) is 14.7 Å². The van der Waals surface area contributed by atoms with Crippen LogP contribution in [0.3, 0.4) is 0 Å². The van der Waals surface area contributed by atoms with Crippen molar-refractivity contribution in [1.82, 2.24) is 9.97 Å². The normalized spacial score (nSPS) is 10.2. The summed E-state index contributed by atoms with van der Waals surface area (Å²) in [6.07, 6.45) is 3.07. The fraction of sp³-hybridized carbons (Fsp3) is 0.167. The molecule has 1 aromatic carbocycles. The van der Waals surface area contributed by atoms with E-state index < -0.39 is 10.9 Å². The van der Waals surface area contributed by atoms with Crippen LogP contribution in [0.15, 0.2) is 24.5 Å². The lowest BCUT2D eigenvalue weighted by molar-refractivity contribution is -0.384. The van der Waals surface area contributed by atoms with E-state index in [0.29, 0.717) is 17.0 Å². The molecule has 0 atom stereocenters. The molecular formula is C12H11N3O4. The molecule has 1 aromatic heterocycles. The molecule has 19 heavy (non-hydrogen) atoms. The Balaban J connectivity index is 2.66. The summed E-state index contributed by atoms with van der Waals surface area (Å²) in [7, 11) is 1.23. The number of ether oxygens (including phenoxy) is 1. The number of nitrogens with one attached hydrogen (secondary N) is 1. The summed E-state index contributed by atoms with van der Waals surface area (Å²) in [5, 5.41) is 11.1. The number of H-pyrrole nitrogens is 1. The Kier molecular flexibility index (Phi) is 3.28. The second-order valence-corrected chi connectivity index (χ2v) is 3.87. The Morgan fingerprint density at radius 3 is 2.74 bits per heavy atom. The number of aromatic amines is 1. The summed E-state index contributed by atoms with van der Waals surface area (Å²) >= 11 is 0. The van der Waals surface area contributed by atoms with E-state index in [1.165, 1.54) is 19.4 Å². The highest BCUT2D eigenvalue weighted by molar-refractivity contribution is 5.93. The molecule has 0 spiro atoms. The first kappa shape index (κ1) is 12.7. The van der Waals surface area contributed by atoms with Gasteiger partial charge in [0.25, 0.3) is 5.69 Å². The second kappa shape index (κ2) is 4.89. The van der Waals surface area contributed by atoms with Crippen molar-refractivity contribution < 1.29 is 14.5 Å². The number of aromatic nitrogens is 2. The van der Waals surface area contributed by atoms with Gasteiger partial charge in [-0.25, -0.2) is 9.78 Å². The third-order valence-electron chi connectivity index (χ3n) is 2.70. The highest BCUT2D eigenvalue weighted by atomic mass is 16.6. The number of carbonyl (C=O) groups excluding carboxylic acids is 1. The molecule has 0 saturated heterocycles. The minimum absolute atomic E-state index is 0.171. The number of esters is 1. The number of nitro benzene ring substituents is 1. The minimum Gasteiger partial charge on any atom is -0.465 e. The molecule has 98 valence electrons. The molecule has 0 unspecified atom stereocenters. The highest BCUT2D eigenvalue weighted by Crippen LogP contribution is 2.30. The lowest BCUT2D eigenvalue weighted by Crippen LogP contribution is -2.06. The Morgan fingerprint density at radius 2 is 2.21 bits per heavy atom. The number of hydrogen-bond acceptors (Lipinski definition) is 5. The maximum absolute atomic E-state index is 11.5. The zero-order valence-corrected chi connectivity index (χ0v) is 10.3. The SMILES string of the molecule is COC(=O)c1cc([N+](=O)[O-])c(-c2ncc[nH]2)cc1C. The average Bonchev–Trinajstić information content (AvgIpc) is 2.90. The molecule has 1 heterocycles. The van der Waals surface area contributed by atoms with Crippen LogP contribution in [0.2, 0.25) is 0 Å². The first-order chi connectivity index (χ1) is 9.04. The van der Waals surface area contributed by atoms with Gasteiger partial charge in [-0.3, -0.25) is 10.1 Å². The number of nitrogens with zero attached hydrogens (tertiary/aromatic N) is 2. The molecule has 0 bridgehead atoms. The fourth-order valence-electron chi connectivity index (χ4n) is 1.78. The van der Waals surface area contributed by atoms with Crippen molar-refractivity contribution in [1.29, 1.82) is 0 Å². The summed E-state index contributed by atoms with van der Waals surface area (Å²) in [6.45, 7) is 1.68. The van der Waals surface area contributed by atoms with Crippen molar-refractivity contribution in [2.24, 2.45) is 0 Å². The second-order valence-electron chi connectivity index (χ2n) is 3.87. The highest BCUT2D eigenvalue weighted by Gasteiger charge is 2.22.